The molecule has 1 aromatic rings. The summed E-state index contributed by atoms with van der Waals surface area (Å²) in [6.07, 6.45) is 0.803. The molecule has 1 rings (SSSR count). The van der Waals surface area contributed by atoms with Gasteiger partial charge < -0.3 is 5.32 Å². The van der Waals surface area contributed by atoms with E-state index in [1.165, 1.54) is 11.3 Å². The molecule has 1 unspecified atom stereocenters. The Labute approximate surface area is 93.3 Å². The van der Waals surface area contributed by atoms with Crippen molar-refractivity contribution in [3.63, 3.8) is 0 Å². The highest BCUT2D eigenvalue weighted by molar-refractivity contribution is 7.13. The van der Waals surface area contributed by atoms with E-state index in [0.29, 0.717) is 5.88 Å². The molecule has 0 radical (unpaired) electrons. The van der Waals surface area contributed by atoms with E-state index in [2.05, 4.69) is 5.32 Å². The van der Waals surface area contributed by atoms with Gasteiger partial charge in [-0.3, -0.25) is 4.79 Å². The van der Waals surface area contributed by atoms with Crippen LogP contribution in [0.2, 0.25) is 0 Å². The molecule has 1 aromatic heterocycles. The number of rotatable bonds is 4. The minimum atomic E-state index is 0.000664. The lowest BCUT2D eigenvalue weighted by Gasteiger charge is -2.10. The fraction of sp³-hybridized carbons (Fsp3) is 0.500. The van der Waals surface area contributed by atoms with E-state index < -0.39 is 0 Å². The summed E-state index contributed by atoms with van der Waals surface area (Å²) >= 11 is 7.09. The zero-order valence-electron chi connectivity index (χ0n) is 8.34. The Bertz CT molecular complexity index is 311. The molecule has 1 amide bonds. The van der Waals surface area contributed by atoms with Crippen molar-refractivity contribution in [2.75, 3.05) is 5.88 Å². The topological polar surface area (TPSA) is 29.1 Å². The average molecular weight is 232 g/mol. The molecule has 1 atom stereocenters. The maximum atomic E-state index is 11.6. The molecule has 78 valence electrons. The molecular weight excluding hydrogens is 218 g/mol. The second-order valence-corrected chi connectivity index (χ2v) is 4.93. The molecule has 2 nitrogen and oxygen atoms in total. The van der Waals surface area contributed by atoms with Crippen LogP contribution in [0.25, 0.3) is 0 Å². The lowest BCUT2D eigenvalue weighted by molar-refractivity contribution is 0.0943. The largest absolute Gasteiger partial charge is 0.349 e. The number of nitrogens with one attached hydrogen (secondary N) is 1. The van der Waals surface area contributed by atoms with E-state index in [4.69, 9.17) is 11.6 Å². The number of aryl methyl sites for hydroxylation is 1. The number of alkyl halides is 1. The third-order valence-corrected chi connectivity index (χ3v) is 3.10. The molecule has 0 fully saturated rings. The second kappa shape index (κ2) is 5.37. The Balaban J connectivity index is 2.50. The van der Waals surface area contributed by atoms with Gasteiger partial charge in [0.15, 0.2) is 0 Å². The smallest absolute Gasteiger partial charge is 0.261 e. The molecule has 0 bridgehead atoms. The van der Waals surface area contributed by atoms with Gasteiger partial charge in [-0.25, -0.2) is 0 Å². The van der Waals surface area contributed by atoms with Crippen LogP contribution in [0.5, 0.6) is 0 Å². The highest BCUT2D eigenvalue weighted by Gasteiger charge is 2.10. The minimum Gasteiger partial charge on any atom is -0.349 e. The lowest BCUT2D eigenvalue weighted by Crippen LogP contribution is -2.32. The number of thiophene rings is 1. The highest BCUT2D eigenvalue weighted by Crippen LogP contribution is 2.14. The SMILES string of the molecule is Cc1ccc(C(=O)NC(C)CCCl)s1. The van der Waals surface area contributed by atoms with Crippen LogP contribution in [-0.4, -0.2) is 17.8 Å². The van der Waals surface area contributed by atoms with Crippen LogP contribution in [0.4, 0.5) is 0 Å². The van der Waals surface area contributed by atoms with Gasteiger partial charge in [-0.15, -0.1) is 22.9 Å². The predicted molar refractivity (Wildman–Crippen MR) is 61.3 cm³/mol. The van der Waals surface area contributed by atoms with Crippen LogP contribution in [0.1, 0.15) is 27.9 Å². The van der Waals surface area contributed by atoms with E-state index in [1.807, 2.05) is 26.0 Å². The summed E-state index contributed by atoms with van der Waals surface area (Å²) in [5.74, 6) is 0.575. The van der Waals surface area contributed by atoms with Crippen molar-refractivity contribution in [1.29, 1.82) is 0 Å². The van der Waals surface area contributed by atoms with Crippen molar-refractivity contribution in [3.05, 3.63) is 21.9 Å². The number of carbonyl (C=O) groups is 1. The summed E-state index contributed by atoms with van der Waals surface area (Å²) in [6.45, 7) is 3.95. The van der Waals surface area contributed by atoms with Gasteiger partial charge in [0.05, 0.1) is 4.88 Å². The fourth-order valence-electron chi connectivity index (χ4n) is 1.09. The van der Waals surface area contributed by atoms with Crippen LogP contribution in [0, 0.1) is 6.92 Å². The van der Waals surface area contributed by atoms with Crippen LogP contribution >= 0.6 is 22.9 Å². The van der Waals surface area contributed by atoms with E-state index in [1.54, 1.807) is 0 Å². The first-order valence-electron chi connectivity index (χ1n) is 4.56. The minimum absolute atomic E-state index is 0.000664. The Hall–Kier alpha value is -0.540. The summed E-state index contributed by atoms with van der Waals surface area (Å²) < 4.78 is 0. The van der Waals surface area contributed by atoms with Gasteiger partial charge in [0.1, 0.15) is 0 Å². The molecule has 0 spiro atoms. The van der Waals surface area contributed by atoms with Crippen LogP contribution in [-0.2, 0) is 0 Å². The lowest BCUT2D eigenvalue weighted by atomic mass is 10.2. The standard InChI is InChI=1S/C10H14ClNOS/c1-7(5-6-11)12-10(13)9-4-3-8(2)14-9/h3-4,7H,5-6H2,1-2H3,(H,12,13). The molecule has 0 saturated carbocycles. The molecule has 14 heavy (non-hydrogen) atoms. The molecule has 1 heterocycles. The van der Waals surface area contributed by atoms with Crippen molar-refractivity contribution < 1.29 is 4.79 Å². The first-order chi connectivity index (χ1) is 6.63. The van der Waals surface area contributed by atoms with Gasteiger partial charge in [0, 0.05) is 16.8 Å². The van der Waals surface area contributed by atoms with E-state index in [-0.39, 0.29) is 11.9 Å². The Kier molecular flexibility index (Phi) is 4.42. The zero-order chi connectivity index (χ0) is 10.6. The van der Waals surface area contributed by atoms with Gasteiger partial charge >= 0.3 is 0 Å². The van der Waals surface area contributed by atoms with Crippen molar-refractivity contribution in [3.8, 4) is 0 Å². The number of hydrogen-bond acceptors (Lipinski definition) is 2. The van der Waals surface area contributed by atoms with E-state index >= 15 is 0 Å². The van der Waals surface area contributed by atoms with Crippen LogP contribution < -0.4 is 5.32 Å². The van der Waals surface area contributed by atoms with Gasteiger partial charge in [0.2, 0.25) is 0 Å². The van der Waals surface area contributed by atoms with Gasteiger partial charge in [-0.05, 0) is 32.4 Å². The maximum absolute atomic E-state index is 11.6. The van der Waals surface area contributed by atoms with Gasteiger partial charge in [-0.1, -0.05) is 0 Å². The normalized spacial score (nSPS) is 12.5. The molecule has 4 heteroatoms. The van der Waals surface area contributed by atoms with E-state index in [0.717, 1.165) is 16.2 Å². The summed E-state index contributed by atoms with van der Waals surface area (Å²) in [7, 11) is 0. The molecule has 0 aromatic carbocycles. The fourth-order valence-corrected chi connectivity index (χ4v) is 2.19. The van der Waals surface area contributed by atoms with E-state index in [9.17, 15) is 4.79 Å². The third kappa shape index (κ3) is 3.31. The predicted octanol–water partition coefficient (Wildman–Crippen LogP) is 2.80. The number of amides is 1. The zero-order valence-corrected chi connectivity index (χ0v) is 9.91. The Morgan fingerprint density at radius 1 is 1.64 bits per heavy atom. The molecule has 0 aliphatic carbocycles. The number of carbonyl (C=O) groups excluding carboxylic acids is 1. The third-order valence-electron chi connectivity index (χ3n) is 1.88. The van der Waals surface area contributed by atoms with Crippen LogP contribution in [0.15, 0.2) is 12.1 Å². The second-order valence-electron chi connectivity index (χ2n) is 3.26. The summed E-state index contributed by atoms with van der Waals surface area (Å²) in [4.78, 5) is 13.5. The number of hydrogen-bond donors (Lipinski definition) is 1. The Morgan fingerprint density at radius 3 is 2.86 bits per heavy atom. The van der Waals surface area contributed by atoms with Crippen molar-refractivity contribution in [2.45, 2.75) is 26.3 Å². The molecule has 1 N–H and O–H groups in total. The summed E-state index contributed by atoms with van der Waals surface area (Å²) in [5.41, 5.74) is 0. The molecule has 0 aliphatic heterocycles. The Morgan fingerprint density at radius 2 is 2.36 bits per heavy atom. The highest BCUT2D eigenvalue weighted by atomic mass is 35.5. The maximum Gasteiger partial charge on any atom is 0.261 e. The van der Waals surface area contributed by atoms with Gasteiger partial charge in [0.25, 0.3) is 5.91 Å². The summed E-state index contributed by atoms with van der Waals surface area (Å²) in [6, 6.07) is 3.94. The summed E-state index contributed by atoms with van der Waals surface area (Å²) in [5, 5.41) is 2.90. The monoisotopic (exact) mass is 231 g/mol. The quantitative estimate of drug-likeness (QED) is 0.794. The molecular formula is C10H14ClNOS. The van der Waals surface area contributed by atoms with Crippen LogP contribution in [0.3, 0.4) is 0 Å². The van der Waals surface area contributed by atoms with Crippen molar-refractivity contribution >= 4 is 28.8 Å². The average Bonchev–Trinajstić information content (AvgIpc) is 2.52. The number of halogens is 1. The van der Waals surface area contributed by atoms with Gasteiger partial charge in [-0.2, -0.15) is 0 Å². The van der Waals surface area contributed by atoms with Crippen molar-refractivity contribution in [1.82, 2.24) is 5.32 Å². The van der Waals surface area contributed by atoms with Crippen molar-refractivity contribution in [2.24, 2.45) is 0 Å². The molecule has 0 saturated heterocycles. The molecule has 0 aliphatic rings. The first kappa shape index (κ1) is 11.5. The first-order valence-corrected chi connectivity index (χ1v) is 5.92.